The summed E-state index contributed by atoms with van der Waals surface area (Å²) in [6.07, 6.45) is 80.5. The van der Waals surface area contributed by atoms with Crippen molar-refractivity contribution in [2.24, 2.45) is 0 Å². The molecule has 6 nitrogen and oxygen atoms in total. The summed E-state index contributed by atoms with van der Waals surface area (Å²) in [5.74, 6) is -0.839. The minimum absolute atomic E-state index is 0.0674. The van der Waals surface area contributed by atoms with Gasteiger partial charge < -0.3 is 14.2 Å². The Labute approximate surface area is 481 Å². The molecule has 0 saturated carbocycles. The zero-order valence-corrected chi connectivity index (χ0v) is 52.3. The summed E-state index contributed by atoms with van der Waals surface area (Å²) < 4.78 is 17.0. The Morgan fingerprint density at radius 3 is 0.649 bits per heavy atom. The minimum Gasteiger partial charge on any atom is -0.462 e. The van der Waals surface area contributed by atoms with Gasteiger partial charge in [-0.25, -0.2) is 0 Å². The number of unbranched alkanes of at least 4 members (excludes halogenated alkanes) is 50. The molecule has 0 radical (unpaired) electrons. The molecule has 0 rings (SSSR count). The Bertz CT molecular complexity index is 1180. The molecule has 0 aromatic heterocycles. The van der Waals surface area contributed by atoms with Gasteiger partial charge in [0.1, 0.15) is 13.2 Å². The monoisotopic (exact) mass is 1080 g/mol. The Morgan fingerprint density at radius 1 is 0.247 bits per heavy atom. The SMILES string of the molecule is CCCCCCCC/C=C\CCCCCCCCCCCC(=O)OCC(COC(=O)CCCCCCCCCCC/C=C\CCCCCCCC)OC(=O)CCCCCCCCCCCCCCCCCCCCCCC. The summed E-state index contributed by atoms with van der Waals surface area (Å²) in [5.41, 5.74) is 0. The maximum absolute atomic E-state index is 13.0. The summed E-state index contributed by atoms with van der Waals surface area (Å²) in [6, 6.07) is 0. The van der Waals surface area contributed by atoms with Gasteiger partial charge in [-0.05, 0) is 70.6 Å². The highest BCUT2D eigenvalue weighted by Gasteiger charge is 2.19. The summed E-state index contributed by atoms with van der Waals surface area (Å²) in [5, 5.41) is 0. The fourth-order valence-corrected chi connectivity index (χ4v) is 10.7. The molecule has 0 bridgehead atoms. The lowest BCUT2D eigenvalue weighted by Gasteiger charge is -2.18. The normalized spacial score (nSPS) is 11.7. The highest BCUT2D eigenvalue weighted by Crippen LogP contribution is 2.18. The highest BCUT2D eigenvalue weighted by atomic mass is 16.6. The van der Waals surface area contributed by atoms with E-state index in [1.165, 1.54) is 295 Å². The van der Waals surface area contributed by atoms with Crippen molar-refractivity contribution in [3.05, 3.63) is 24.3 Å². The molecule has 0 aliphatic carbocycles. The standard InChI is InChI=1S/C71H134O6/c1-4-7-10-13-16-19-22-25-28-31-34-35-38-41-44-47-50-53-56-59-62-65-71(74)77-68(66-75-69(72)63-60-57-54-51-48-45-42-39-36-32-29-26-23-20-17-14-11-8-5-2)67-76-70(73)64-61-58-55-52-49-46-43-40-37-33-30-27-24-21-18-15-12-9-6-3/h26-27,29-30,68H,4-25,28,31-67H2,1-3H3/b29-26-,30-27-. The van der Waals surface area contributed by atoms with Gasteiger partial charge in [0.2, 0.25) is 0 Å². The van der Waals surface area contributed by atoms with Crippen molar-refractivity contribution in [1.29, 1.82) is 0 Å². The molecule has 0 aromatic carbocycles. The first-order chi connectivity index (χ1) is 38.0. The first-order valence-electron chi connectivity index (χ1n) is 34.8. The van der Waals surface area contributed by atoms with E-state index in [-0.39, 0.29) is 31.1 Å². The molecular weight excluding hydrogens is 949 g/mol. The predicted octanol–water partition coefficient (Wildman–Crippen LogP) is 23.8. The van der Waals surface area contributed by atoms with Gasteiger partial charge in [-0.2, -0.15) is 0 Å². The second-order valence-corrected chi connectivity index (χ2v) is 23.8. The van der Waals surface area contributed by atoms with Gasteiger partial charge >= 0.3 is 17.9 Å². The van der Waals surface area contributed by atoms with Crippen molar-refractivity contribution < 1.29 is 28.6 Å². The topological polar surface area (TPSA) is 78.9 Å². The third-order valence-electron chi connectivity index (χ3n) is 15.9. The number of ether oxygens (including phenoxy) is 3. The van der Waals surface area contributed by atoms with Crippen LogP contribution in [0.4, 0.5) is 0 Å². The lowest BCUT2D eigenvalue weighted by Crippen LogP contribution is -2.30. The third-order valence-corrected chi connectivity index (χ3v) is 15.9. The van der Waals surface area contributed by atoms with Crippen LogP contribution in [0.15, 0.2) is 24.3 Å². The summed E-state index contributed by atoms with van der Waals surface area (Å²) in [4.78, 5) is 38.5. The van der Waals surface area contributed by atoms with Gasteiger partial charge in [0.25, 0.3) is 0 Å². The van der Waals surface area contributed by atoms with Crippen LogP contribution in [0, 0.1) is 0 Å². The van der Waals surface area contributed by atoms with Crippen molar-refractivity contribution in [2.45, 2.75) is 399 Å². The number of hydrogen-bond donors (Lipinski definition) is 0. The van der Waals surface area contributed by atoms with Crippen LogP contribution in [0.1, 0.15) is 393 Å². The zero-order valence-electron chi connectivity index (χ0n) is 52.3. The first kappa shape index (κ1) is 74.9. The average Bonchev–Trinajstić information content (AvgIpc) is 3.43. The Hall–Kier alpha value is -2.11. The molecular formula is C71H134O6. The van der Waals surface area contributed by atoms with Crippen molar-refractivity contribution in [3.8, 4) is 0 Å². The van der Waals surface area contributed by atoms with Crippen molar-refractivity contribution >= 4 is 17.9 Å². The van der Waals surface area contributed by atoms with E-state index in [1.54, 1.807) is 0 Å². The molecule has 0 aliphatic heterocycles. The second kappa shape index (κ2) is 66.4. The number of hydrogen-bond acceptors (Lipinski definition) is 6. The Morgan fingerprint density at radius 2 is 0.429 bits per heavy atom. The van der Waals surface area contributed by atoms with Crippen LogP contribution in [-0.4, -0.2) is 37.2 Å². The Balaban J connectivity index is 4.31. The molecule has 0 saturated heterocycles. The van der Waals surface area contributed by atoms with Crippen LogP contribution in [0.5, 0.6) is 0 Å². The molecule has 0 atom stereocenters. The minimum atomic E-state index is -0.771. The molecule has 0 fully saturated rings. The van der Waals surface area contributed by atoms with E-state index < -0.39 is 6.10 Å². The number of esters is 3. The second-order valence-electron chi connectivity index (χ2n) is 23.8. The predicted molar refractivity (Wildman–Crippen MR) is 335 cm³/mol. The molecule has 0 aliphatic rings. The number of carbonyl (C=O) groups excluding carboxylic acids is 3. The van der Waals surface area contributed by atoms with Gasteiger partial charge in [-0.3, -0.25) is 14.4 Å². The van der Waals surface area contributed by atoms with Crippen LogP contribution < -0.4 is 0 Å². The fourth-order valence-electron chi connectivity index (χ4n) is 10.7. The molecule has 0 amide bonds. The molecule has 0 aromatic rings. The van der Waals surface area contributed by atoms with E-state index in [9.17, 15) is 14.4 Å². The highest BCUT2D eigenvalue weighted by molar-refractivity contribution is 5.71. The van der Waals surface area contributed by atoms with Crippen LogP contribution in [0.25, 0.3) is 0 Å². The average molecular weight is 1080 g/mol. The molecule has 6 heteroatoms. The number of allylic oxidation sites excluding steroid dienone is 4. The van der Waals surface area contributed by atoms with Crippen molar-refractivity contribution in [1.82, 2.24) is 0 Å². The summed E-state index contributed by atoms with van der Waals surface area (Å²) >= 11 is 0. The van der Waals surface area contributed by atoms with E-state index in [1.807, 2.05) is 0 Å². The van der Waals surface area contributed by atoms with Gasteiger partial charge in [-0.15, -0.1) is 0 Å². The largest absolute Gasteiger partial charge is 0.462 e. The zero-order chi connectivity index (χ0) is 55.7. The lowest BCUT2D eigenvalue weighted by atomic mass is 10.0. The number of rotatable bonds is 65. The van der Waals surface area contributed by atoms with Gasteiger partial charge in [0.15, 0.2) is 6.10 Å². The number of carbonyl (C=O) groups is 3. The van der Waals surface area contributed by atoms with E-state index in [4.69, 9.17) is 14.2 Å². The Kier molecular flexibility index (Phi) is 64.6. The summed E-state index contributed by atoms with van der Waals surface area (Å²) in [6.45, 7) is 6.71. The van der Waals surface area contributed by atoms with E-state index >= 15 is 0 Å². The molecule has 454 valence electrons. The van der Waals surface area contributed by atoms with E-state index in [2.05, 4.69) is 45.1 Å². The maximum Gasteiger partial charge on any atom is 0.306 e. The smallest absolute Gasteiger partial charge is 0.306 e. The van der Waals surface area contributed by atoms with E-state index in [0.29, 0.717) is 19.3 Å². The molecule has 77 heavy (non-hydrogen) atoms. The quantitative estimate of drug-likeness (QED) is 0.0261. The first-order valence-corrected chi connectivity index (χ1v) is 34.8. The lowest BCUT2D eigenvalue weighted by molar-refractivity contribution is -0.167. The van der Waals surface area contributed by atoms with Gasteiger partial charge in [0.05, 0.1) is 0 Å². The molecule has 0 spiro atoms. The van der Waals surface area contributed by atoms with Gasteiger partial charge in [0, 0.05) is 19.3 Å². The molecule has 0 N–H and O–H groups in total. The van der Waals surface area contributed by atoms with Crippen molar-refractivity contribution in [3.63, 3.8) is 0 Å². The van der Waals surface area contributed by atoms with Gasteiger partial charge in [-0.1, -0.05) is 328 Å². The van der Waals surface area contributed by atoms with E-state index in [0.717, 1.165) is 57.8 Å². The van der Waals surface area contributed by atoms with Crippen LogP contribution in [-0.2, 0) is 28.6 Å². The fraction of sp³-hybridized carbons (Fsp3) is 0.901. The van der Waals surface area contributed by atoms with Crippen LogP contribution in [0.2, 0.25) is 0 Å². The van der Waals surface area contributed by atoms with Crippen LogP contribution in [0.3, 0.4) is 0 Å². The molecule has 0 unspecified atom stereocenters. The third kappa shape index (κ3) is 64.6. The van der Waals surface area contributed by atoms with Crippen molar-refractivity contribution in [2.75, 3.05) is 13.2 Å². The summed E-state index contributed by atoms with van der Waals surface area (Å²) in [7, 11) is 0. The van der Waals surface area contributed by atoms with Crippen LogP contribution >= 0.6 is 0 Å². The molecule has 0 heterocycles. The maximum atomic E-state index is 13.0.